The van der Waals surface area contributed by atoms with Crippen molar-refractivity contribution < 1.29 is 14.3 Å². The number of benzene rings is 1. The number of aliphatic imine (C=N–C) groups is 1. The van der Waals surface area contributed by atoms with Gasteiger partial charge in [0.25, 0.3) is 5.91 Å². The lowest BCUT2D eigenvalue weighted by molar-refractivity contribution is 0.0817. The van der Waals surface area contributed by atoms with Crippen LogP contribution in [0.15, 0.2) is 28.9 Å². The zero-order valence-corrected chi connectivity index (χ0v) is 14.8. The first-order valence-electron chi connectivity index (χ1n) is 9.13. The van der Waals surface area contributed by atoms with E-state index in [0.717, 1.165) is 19.3 Å². The Bertz CT molecular complexity index is 750. The van der Waals surface area contributed by atoms with Crippen molar-refractivity contribution in [2.45, 2.75) is 45.1 Å². The van der Waals surface area contributed by atoms with Crippen molar-refractivity contribution in [2.75, 3.05) is 13.7 Å². The van der Waals surface area contributed by atoms with E-state index in [1.807, 2.05) is 23.4 Å². The molecule has 1 atom stereocenters. The second-order valence-corrected chi connectivity index (χ2v) is 6.96. The number of amides is 1. The molecule has 0 aromatic heterocycles. The van der Waals surface area contributed by atoms with Gasteiger partial charge in [0, 0.05) is 18.5 Å². The van der Waals surface area contributed by atoms with Crippen LogP contribution in [0.3, 0.4) is 0 Å². The highest BCUT2D eigenvalue weighted by atomic mass is 16.5. The van der Waals surface area contributed by atoms with E-state index < -0.39 is 0 Å². The summed E-state index contributed by atoms with van der Waals surface area (Å²) >= 11 is 0. The molecule has 2 heterocycles. The Labute approximate surface area is 148 Å². The van der Waals surface area contributed by atoms with Gasteiger partial charge in [0.05, 0.1) is 31.0 Å². The van der Waals surface area contributed by atoms with Gasteiger partial charge < -0.3 is 14.4 Å². The quantitative estimate of drug-likeness (QED) is 0.733. The molecule has 1 fully saturated rings. The van der Waals surface area contributed by atoms with Gasteiger partial charge in [-0.05, 0) is 43.2 Å². The topological polar surface area (TPSA) is 51.1 Å². The summed E-state index contributed by atoms with van der Waals surface area (Å²) in [7, 11) is 1.60. The van der Waals surface area contributed by atoms with Crippen LogP contribution in [0.1, 0.15) is 49.4 Å². The van der Waals surface area contributed by atoms with Crippen LogP contribution < -0.4 is 9.47 Å². The zero-order valence-electron chi connectivity index (χ0n) is 14.8. The van der Waals surface area contributed by atoms with Gasteiger partial charge in [-0.2, -0.15) is 0 Å². The molecule has 25 heavy (non-hydrogen) atoms. The van der Waals surface area contributed by atoms with Gasteiger partial charge >= 0.3 is 0 Å². The number of carbonyl (C=O) groups excluding carboxylic acids is 1. The van der Waals surface area contributed by atoms with E-state index in [0.29, 0.717) is 35.3 Å². The number of unbranched alkanes of at least 4 members (excludes halogenated alkanes) is 1. The third kappa shape index (κ3) is 3.03. The molecular formula is C20H24N2O3. The van der Waals surface area contributed by atoms with Crippen LogP contribution in [0.4, 0.5) is 5.69 Å². The zero-order chi connectivity index (χ0) is 17.4. The molecule has 3 aliphatic rings. The van der Waals surface area contributed by atoms with Crippen molar-refractivity contribution in [2.24, 2.45) is 10.9 Å². The lowest BCUT2D eigenvalue weighted by Crippen LogP contribution is -2.32. The Hall–Kier alpha value is -2.30. The first-order chi connectivity index (χ1) is 12.2. The molecule has 0 unspecified atom stereocenters. The second kappa shape index (κ2) is 6.54. The molecule has 1 aromatic rings. The molecule has 1 amide bonds. The molecule has 1 aliphatic carbocycles. The van der Waals surface area contributed by atoms with Gasteiger partial charge in [0.15, 0.2) is 11.5 Å². The van der Waals surface area contributed by atoms with Crippen LogP contribution in [0.2, 0.25) is 0 Å². The maximum Gasteiger partial charge on any atom is 0.260 e. The number of hydrogen-bond donors (Lipinski definition) is 0. The van der Waals surface area contributed by atoms with Crippen molar-refractivity contribution in [3.63, 3.8) is 0 Å². The van der Waals surface area contributed by atoms with Gasteiger partial charge in [-0.1, -0.05) is 13.3 Å². The Balaban J connectivity index is 1.65. The molecule has 0 radical (unpaired) electrons. The molecule has 5 nitrogen and oxygen atoms in total. The average molecular weight is 340 g/mol. The van der Waals surface area contributed by atoms with E-state index in [-0.39, 0.29) is 11.9 Å². The van der Waals surface area contributed by atoms with Crippen molar-refractivity contribution in [1.82, 2.24) is 4.90 Å². The summed E-state index contributed by atoms with van der Waals surface area (Å²) in [5.74, 6) is 1.90. The highest BCUT2D eigenvalue weighted by Gasteiger charge is 2.37. The molecule has 0 spiro atoms. The average Bonchev–Trinajstić information content (AvgIpc) is 3.40. The monoisotopic (exact) mass is 340 g/mol. The SMILES string of the molecule is CCCCOc1cc2c(cc1OC)C(=O)N1C=C(C3CC3)C[C@H]1C=N2. The van der Waals surface area contributed by atoms with Crippen LogP contribution in [0.25, 0.3) is 0 Å². The van der Waals surface area contributed by atoms with Crippen LogP contribution in [0.5, 0.6) is 11.5 Å². The fourth-order valence-electron chi connectivity index (χ4n) is 3.46. The van der Waals surface area contributed by atoms with Gasteiger partial charge in [0.2, 0.25) is 0 Å². The minimum absolute atomic E-state index is 0.00782. The van der Waals surface area contributed by atoms with Crippen molar-refractivity contribution in [3.8, 4) is 11.5 Å². The van der Waals surface area contributed by atoms with E-state index in [1.54, 1.807) is 13.2 Å². The third-order valence-corrected chi connectivity index (χ3v) is 5.10. The lowest BCUT2D eigenvalue weighted by atomic mass is 10.1. The van der Waals surface area contributed by atoms with Crippen LogP contribution in [-0.4, -0.2) is 36.8 Å². The summed E-state index contributed by atoms with van der Waals surface area (Å²) in [5, 5.41) is 0. The summed E-state index contributed by atoms with van der Waals surface area (Å²) in [6.07, 6.45) is 9.40. The minimum atomic E-state index is -0.00782. The Morgan fingerprint density at radius 2 is 2.12 bits per heavy atom. The smallest absolute Gasteiger partial charge is 0.260 e. The van der Waals surface area contributed by atoms with E-state index in [2.05, 4.69) is 11.9 Å². The predicted octanol–water partition coefficient (Wildman–Crippen LogP) is 4.10. The summed E-state index contributed by atoms with van der Waals surface area (Å²) in [6, 6.07) is 3.62. The van der Waals surface area contributed by atoms with Crippen LogP contribution >= 0.6 is 0 Å². The first-order valence-corrected chi connectivity index (χ1v) is 9.13. The van der Waals surface area contributed by atoms with E-state index in [1.165, 1.54) is 18.4 Å². The van der Waals surface area contributed by atoms with Gasteiger partial charge in [-0.15, -0.1) is 0 Å². The van der Waals surface area contributed by atoms with Gasteiger partial charge in [0.1, 0.15) is 0 Å². The number of carbonyl (C=O) groups is 1. The van der Waals surface area contributed by atoms with Crippen molar-refractivity contribution >= 4 is 17.8 Å². The predicted molar refractivity (Wildman–Crippen MR) is 96.9 cm³/mol. The van der Waals surface area contributed by atoms with E-state index in [4.69, 9.17) is 9.47 Å². The number of fused-ring (bicyclic) bond motifs is 2. The van der Waals surface area contributed by atoms with E-state index >= 15 is 0 Å². The Morgan fingerprint density at radius 1 is 1.28 bits per heavy atom. The van der Waals surface area contributed by atoms with Gasteiger partial charge in [-0.3, -0.25) is 9.79 Å². The molecular weight excluding hydrogens is 316 g/mol. The molecule has 5 heteroatoms. The van der Waals surface area contributed by atoms with Gasteiger partial charge in [-0.25, -0.2) is 0 Å². The number of hydrogen-bond acceptors (Lipinski definition) is 4. The first kappa shape index (κ1) is 16.2. The largest absolute Gasteiger partial charge is 0.493 e. The summed E-state index contributed by atoms with van der Waals surface area (Å²) in [4.78, 5) is 19.5. The highest BCUT2D eigenvalue weighted by Crippen LogP contribution is 2.44. The van der Waals surface area contributed by atoms with Crippen molar-refractivity contribution in [3.05, 3.63) is 29.5 Å². The summed E-state index contributed by atoms with van der Waals surface area (Å²) < 4.78 is 11.3. The fourth-order valence-corrected chi connectivity index (χ4v) is 3.46. The molecule has 1 saturated carbocycles. The number of nitrogens with zero attached hydrogens (tertiary/aromatic N) is 2. The molecule has 4 rings (SSSR count). The summed E-state index contributed by atoms with van der Waals surface area (Å²) in [5.41, 5.74) is 2.62. The highest BCUT2D eigenvalue weighted by molar-refractivity contribution is 6.04. The Kier molecular flexibility index (Phi) is 4.24. The second-order valence-electron chi connectivity index (χ2n) is 6.96. The maximum atomic E-state index is 13.1. The molecule has 2 aliphatic heterocycles. The molecule has 0 saturated heterocycles. The molecule has 0 bridgehead atoms. The number of ether oxygens (including phenoxy) is 2. The third-order valence-electron chi connectivity index (χ3n) is 5.10. The molecule has 1 aromatic carbocycles. The fraction of sp³-hybridized carbons (Fsp3) is 0.500. The molecule has 132 valence electrons. The normalized spacial score (nSPS) is 21.5. The number of methoxy groups -OCH3 is 1. The Morgan fingerprint density at radius 3 is 2.84 bits per heavy atom. The number of rotatable bonds is 6. The van der Waals surface area contributed by atoms with Crippen LogP contribution in [0, 0.1) is 5.92 Å². The van der Waals surface area contributed by atoms with Crippen LogP contribution in [-0.2, 0) is 0 Å². The summed E-state index contributed by atoms with van der Waals surface area (Å²) in [6.45, 7) is 2.75. The molecule has 0 N–H and O–H groups in total. The minimum Gasteiger partial charge on any atom is -0.493 e. The lowest BCUT2D eigenvalue weighted by Gasteiger charge is -2.19. The van der Waals surface area contributed by atoms with E-state index in [9.17, 15) is 4.79 Å². The maximum absolute atomic E-state index is 13.1. The standard InChI is InChI=1S/C20H24N2O3/c1-3-4-7-25-19-10-17-16(9-18(19)24-2)20(23)22-12-14(13-5-6-13)8-15(22)11-21-17/h9-13,15H,3-8H2,1-2H3/t15-/m0/s1. The van der Waals surface area contributed by atoms with Crippen molar-refractivity contribution in [1.29, 1.82) is 0 Å².